The molecule has 120 valence electrons. The molecule has 0 spiro atoms. The molecular formula is C17H30N2O2. The molecule has 0 saturated carbocycles. The molecule has 4 heteroatoms. The molecule has 0 aromatic heterocycles. The molecule has 0 bridgehead atoms. The van der Waals surface area contributed by atoms with Gasteiger partial charge in [0.2, 0.25) is 0 Å². The van der Waals surface area contributed by atoms with Crippen molar-refractivity contribution in [1.82, 2.24) is 0 Å². The van der Waals surface area contributed by atoms with Crippen LogP contribution in [0.2, 0.25) is 0 Å². The van der Waals surface area contributed by atoms with E-state index < -0.39 is 0 Å². The summed E-state index contributed by atoms with van der Waals surface area (Å²) in [5.74, 6) is 0. The molecule has 0 aliphatic heterocycles. The van der Waals surface area contributed by atoms with Crippen molar-refractivity contribution in [3.05, 3.63) is 24.3 Å². The molecule has 0 heterocycles. The quantitative estimate of drug-likeness (QED) is 0.409. The van der Waals surface area contributed by atoms with Crippen LogP contribution in [0.1, 0.15) is 44.9 Å². The van der Waals surface area contributed by atoms with Gasteiger partial charge in [0.15, 0.2) is 0 Å². The Bertz CT molecular complexity index is 354. The number of nitrogens with zero attached hydrogens (tertiary/aromatic N) is 1. The van der Waals surface area contributed by atoms with Crippen LogP contribution in [0.3, 0.4) is 0 Å². The van der Waals surface area contributed by atoms with E-state index in [-0.39, 0.29) is 6.61 Å². The highest BCUT2D eigenvalue weighted by atomic mass is 16.3. The second-order valence-electron chi connectivity index (χ2n) is 5.50. The number of aliphatic hydroxyl groups excluding tert-OH is 2. The van der Waals surface area contributed by atoms with E-state index in [2.05, 4.69) is 17.0 Å². The molecule has 4 N–H and O–H groups in total. The lowest BCUT2D eigenvalue weighted by Crippen LogP contribution is -2.25. The molecule has 0 fully saturated rings. The molecular weight excluding hydrogens is 264 g/mol. The van der Waals surface area contributed by atoms with Crippen LogP contribution in [-0.2, 0) is 0 Å². The van der Waals surface area contributed by atoms with E-state index in [0.717, 1.165) is 63.7 Å². The van der Waals surface area contributed by atoms with Crippen LogP contribution in [0, 0.1) is 0 Å². The van der Waals surface area contributed by atoms with Gasteiger partial charge >= 0.3 is 0 Å². The summed E-state index contributed by atoms with van der Waals surface area (Å²) in [5.41, 5.74) is 7.76. The Morgan fingerprint density at radius 3 is 1.71 bits per heavy atom. The first-order chi connectivity index (χ1) is 10.3. The Morgan fingerprint density at radius 1 is 0.714 bits per heavy atom. The van der Waals surface area contributed by atoms with E-state index in [4.69, 9.17) is 15.9 Å². The maximum Gasteiger partial charge on any atom is 0.0431 e. The summed E-state index contributed by atoms with van der Waals surface area (Å²) in [4.78, 5) is 2.40. The summed E-state index contributed by atoms with van der Waals surface area (Å²) in [6.07, 6.45) is 7.34. The van der Waals surface area contributed by atoms with Crippen molar-refractivity contribution in [2.75, 3.05) is 36.9 Å². The fraction of sp³-hybridized carbons (Fsp3) is 0.647. The third-order valence-corrected chi connectivity index (χ3v) is 3.68. The van der Waals surface area contributed by atoms with Gasteiger partial charge in [0.1, 0.15) is 0 Å². The minimum Gasteiger partial charge on any atom is -0.399 e. The van der Waals surface area contributed by atoms with Gasteiger partial charge in [-0.25, -0.2) is 0 Å². The fourth-order valence-corrected chi connectivity index (χ4v) is 2.41. The number of nitrogens with two attached hydrogens (primary N) is 1. The van der Waals surface area contributed by atoms with E-state index >= 15 is 0 Å². The van der Waals surface area contributed by atoms with Crippen molar-refractivity contribution in [2.45, 2.75) is 44.9 Å². The zero-order valence-corrected chi connectivity index (χ0v) is 13.0. The molecule has 1 aromatic carbocycles. The van der Waals surface area contributed by atoms with E-state index in [1.54, 1.807) is 0 Å². The van der Waals surface area contributed by atoms with Crippen molar-refractivity contribution in [3.63, 3.8) is 0 Å². The molecule has 1 aromatic rings. The predicted octanol–water partition coefficient (Wildman–Crippen LogP) is 2.79. The number of hydrogen-bond donors (Lipinski definition) is 3. The second-order valence-corrected chi connectivity index (χ2v) is 5.50. The fourth-order valence-electron chi connectivity index (χ4n) is 2.41. The van der Waals surface area contributed by atoms with Crippen LogP contribution in [0.5, 0.6) is 0 Å². The Hall–Kier alpha value is -1.26. The van der Waals surface area contributed by atoms with Gasteiger partial charge in [0.25, 0.3) is 0 Å². The summed E-state index contributed by atoms with van der Waals surface area (Å²) in [6, 6.07) is 8.05. The summed E-state index contributed by atoms with van der Waals surface area (Å²) >= 11 is 0. The Balaban J connectivity index is 2.43. The third kappa shape index (κ3) is 7.93. The number of rotatable bonds is 12. The Kier molecular flexibility index (Phi) is 9.66. The van der Waals surface area contributed by atoms with Crippen LogP contribution in [0.4, 0.5) is 11.4 Å². The Labute approximate surface area is 128 Å². The predicted molar refractivity (Wildman–Crippen MR) is 89.6 cm³/mol. The van der Waals surface area contributed by atoms with E-state index in [9.17, 15) is 0 Å². The number of nitrogen functional groups attached to an aromatic ring is 1. The van der Waals surface area contributed by atoms with E-state index in [1.165, 1.54) is 5.69 Å². The smallest absolute Gasteiger partial charge is 0.0431 e. The van der Waals surface area contributed by atoms with Gasteiger partial charge in [0.05, 0.1) is 0 Å². The molecule has 0 aliphatic rings. The maximum absolute atomic E-state index is 8.85. The minimum atomic E-state index is 0.281. The van der Waals surface area contributed by atoms with E-state index in [1.807, 2.05) is 12.1 Å². The first kappa shape index (κ1) is 17.8. The Morgan fingerprint density at radius 2 is 1.19 bits per heavy atom. The van der Waals surface area contributed by atoms with Crippen molar-refractivity contribution < 1.29 is 10.2 Å². The summed E-state index contributed by atoms with van der Waals surface area (Å²) in [6.45, 7) is 2.63. The average Bonchev–Trinajstić information content (AvgIpc) is 2.50. The SMILES string of the molecule is Nc1ccc(N(CCCCCO)CCCCCCO)cc1. The molecule has 1 rings (SSSR count). The highest BCUT2D eigenvalue weighted by Crippen LogP contribution is 2.18. The van der Waals surface area contributed by atoms with Crippen molar-refractivity contribution in [1.29, 1.82) is 0 Å². The van der Waals surface area contributed by atoms with Gasteiger partial charge in [-0.05, 0) is 56.4 Å². The van der Waals surface area contributed by atoms with Gasteiger partial charge in [-0.15, -0.1) is 0 Å². The molecule has 0 amide bonds. The highest BCUT2D eigenvalue weighted by Gasteiger charge is 2.06. The molecule has 0 radical (unpaired) electrons. The molecule has 0 aliphatic carbocycles. The molecule has 0 atom stereocenters. The minimum absolute atomic E-state index is 0.281. The zero-order chi connectivity index (χ0) is 15.3. The van der Waals surface area contributed by atoms with Gasteiger partial charge in [-0.1, -0.05) is 12.8 Å². The number of hydrogen-bond acceptors (Lipinski definition) is 4. The topological polar surface area (TPSA) is 69.7 Å². The largest absolute Gasteiger partial charge is 0.399 e. The van der Waals surface area contributed by atoms with Crippen LogP contribution in [0.25, 0.3) is 0 Å². The lowest BCUT2D eigenvalue weighted by atomic mass is 10.1. The van der Waals surface area contributed by atoms with Crippen LogP contribution >= 0.6 is 0 Å². The average molecular weight is 294 g/mol. The molecule has 4 nitrogen and oxygen atoms in total. The zero-order valence-electron chi connectivity index (χ0n) is 13.0. The van der Waals surface area contributed by atoms with Crippen LogP contribution in [-0.4, -0.2) is 36.5 Å². The van der Waals surface area contributed by atoms with Crippen molar-refractivity contribution in [2.24, 2.45) is 0 Å². The van der Waals surface area contributed by atoms with Crippen LogP contribution < -0.4 is 10.6 Å². The summed E-state index contributed by atoms with van der Waals surface area (Å²) < 4.78 is 0. The van der Waals surface area contributed by atoms with Gasteiger partial charge in [-0.3, -0.25) is 0 Å². The molecule has 21 heavy (non-hydrogen) atoms. The first-order valence-corrected chi connectivity index (χ1v) is 8.10. The normalized spacial score (nSPS) is 10.8. The van der Waals surface area contributed by atoms with Gasteiger partial charge in [-0.2, -0.15) is 0 Å². The summed E-state index contributed by atoms with van der Waals surface area (Å²) in [5, 5.41) is 17.7. The van der Waals surface area contributed by atoms with Crippen molar-refractivity contribution in [3.8, 4) is 0 Å². The molecule has 0 saturated heterocycles. The number of aliphatic hydroxyl groups is 2. The monoisotopic (exact) mass is 294 g/mol. The summed E-state index contributed by atoms with van der Waals surface area (Å²) in [7, 11) is 0. The van der Waals surface area contributed by atoms with E-state index in [0.29, 0.717) is 6.61 Å². The number of unbranched alkanes of at least 4 members (excludes halogenated alkanes) is 5. The first-order valence-electron chi connectivity index (χ1n) is 8.10. The molecule has 0 unspecified atom stereocenters. The standard InChI is InChI=1S/C17H30N2O2/c18-16-8-10-17(11-9-16)19(13-5-3-7-15-21)12-4-1-2-6-14-20/h8-11,20-21H,1-7,12-15,18H2. The van der Waals surface area contributed by atoms with Crippen molar-refractivity contribution >= 4 is 11.4 Å². The van der Waals surface area contributed by atoms with Crippen LogP contribution in [0.15, 0.2) is 24.3 Å². The number of anilines is 2. The maximum atomic E-state index is 8.85. The second kappa shape index (κ2) is 11.4. The number of benzene rings is 1. The third-order valence-electron chi connectivity index (χ3n) is 3.68. The lowest BCUT2D eigenvalue weighted by Gasteiger charge is -2.25. The van der Waals surface area contributed by atoms with Gasteiger partial charge < -0.3 is 20.8 Å². The highest BCUT2D eigenvalue weighted by molar-refractivity contribution is 5.53. The lowest BCUT2D eigenvalue weighted by molar-refractivity contribution is 0.282. The van der Waals surface area contributed by atoms with Gasteiger partial charge in [0, 0.05) is 37.7 Å².